The summed E-state index contributed by atoms with van der Waals surface area (Å²) >= 11 is 11.6. The molecule has 0 unspecified atom stereocenters. The van der Waals surface area contributed by atoms with Crippen molar-refractivity contribution in [3.63, 3.8) is 0 Å². The molecule has 0 saturated carbocycles. The van der Waals surface area contributed by atoms with Gasteiger partial charge in [0.25, 0.3) is 0 Å². The van der Waals surface area contributed by atoms with Crippen LogP contribution in [0.4, 0.5) is 5.82 Å². The Bertz CT molecular complexity index is 576. The fourth-order valence-corrected chi connectivity index (χ4v) is 1.66. The van der Waals surface area contributed by atoms with Gasteiger partial charge in [-0.2, -0.15) is 0 Å². The molecular formula is C12H8Cl2CuN2O. The number of halogens is 2. The van der Waals surface area contributed by atoms with Crippen LogP contribution in [-0.4, -0.2) is 16.3 Å². The number of aliphatic imine (C=N–C) groups is 1. The first-order valence-electron chi connectivity index (χ1n) is 4.80. The third-order valence-corrected chi connectivity index (χ3v) is 2.54. The van der Waals surface area contributed by atoms with E-state index in [4.69, 9.17) is 23.2 Å². The Morgan fingerprint density at radius 3 is 2.61 bits per heavy atom. The van der Waals surface area contributed by atoms with Gasteiger partial charge in [-0.15, -0.1) is 0 Å². The average Bonchev–Trinajstić information content (AvgIpc) is 2.30. The van der Waals surface area contributed by atoms with Crippen molar-refractivity contribution in [2.24, 2.45) is 4.99 Å². The third-order valence-electron chi connectivity index (χ3n) is 2.05. The van der Waals surface area contributed by atoms with Crippen LogP contribution >= 0.6 is 23.2 Å². The number of hydrogen-bond acceptors (Lipinski definition) is 3. The number of nitrogens with zero attached hydrogens (tertiary/aromatic N) is 2. The smallest absolute Gasteiger partial charge is 0.170 e. The van der Waals surface area contributed by atoms with Crippen LogP contribution in [0, 0.1) is 0 Å². The number of para-hydroxylation sites is 1. The van der Waals surface area contributed by atoms with E-state index in [1.54, 1.807) is 30.3 Å². The van der Waals surface area contributed by atoms with Crippen LogP contribution in [0.3, 0.4) is 0 Å². The summed E-state index contributed by atoms with van der Waals surface area (Å²) in [7, 11) is 0. The summed E-state index contributed by atoms with van der Waals surface area (Å²) in [5.74, 6) is 0.514. The zero-order valence-electron chi connectivity index (χ0n) is 8.94. The first-order valence-corrected chi connectivity index (χ1v) is 5.55. The van der Waals surface area contributed by atoms with Gasteiger partial charge in [0.15, 0.2) is 5.82 Å². The molecule has 18 heavy (non-hydrogen) atoms. The van der Waals surface area contributed by atoms with Crippen molar-refractivity contribution in [2.75, 3.05) is 0 Å². The van der Waals surface area contributed by atoms with Crippen molar-refractivity contribution in [2.45, 2.75) is 0 Å². The van der Waals surface area contributed by atoms with Gasteiger partial charge < -0.3 is 5.11 Å². The van der Waals surface area contributed by atoms with Gasteiger partial charge in [-0.1, -0.05) is 35.3 Å². The number of phenolic OH excluding ortho intramolecular Hbond substituents is 1. The molecule has 0 aliphatic rings. The van der Waals surface area contributed by atoms with Crippen molar-refractivity contribution in [1.82, 2.24) is 4.98 Å². The molecule has 1 N–H and O–H groups in total. The van der Waals surface area contributed by atoms with E-state index in [1.807, 2.05) is 0 Å². The second-order valence-corrected chi connectivity index (χ2v) is 4.12. The normalized spacial score (nSPS) is 10.3. The summed E-state index contributed by atoms with van der Waals surface area (Å²) in [5, 5.41) is 10.4. The number of pyridine rings is 1. The van der Waals surface area contributed by atoms with Gasteiger partial charge in [-0.25, -0.2) is 9.98 Å². The number of aromatic nitrogens is 1. The van der Waals surface area contributed by atoms with Gasteiger partial charge in [0.1, 0.15) is 5.75 Å². The molecule has 0 saturated heterocycles. The molecule has 0 aliphatic carbocycles. The molecule has 1 radical (unpaired) electrons. The second kappa shape index (κ2) is 6.76. The summed E-state index contributed by atoms with van der Waals surface area (Å²) < 4.78 is 0. The Morgan fingerprint density at radius 1 is 1.22 bits per heavy atom. The fraction of sp³-hybridized carbons (Fsp3) is 0. The van der Waals surface area contributed by atoms with Crippen LogP contribution in [0.25, 0.3) is 0 Å². The molecular weight excluding hydrogens is 323 g/mol. The largest absolute Gasteiger partial charge is 0.507 e. The van der Waals surface area contributed by atoms with E-state index < -0.39 is 0 Å². The summed E-state index contributed by atoms with van der Waals surface area (Å²) in [6.07, 6.45) is 2.96. The predicted octanol–water partition coefficient (Wildman–Crippen LogP) is 3.84. The fourth-order valence-electron chi connectivity index (χ4n) is 1.23. The molecule has 1 aromatic heterocycles. The summed E-state index contributed by atoms with van der Waals surface area (Å²) in [5.41, 5.74) is 0.598. The van der Waals surface area contributed by atoms with Crippen LogP contribution in [0.15, 0.2) is 41.5 Å². The Morgan fingerprint density at radius 2 is 1.94 bits per heavy atom. The maximum absolute atomic E-state index is 9.54. The average molecular weight is 331 g/mol. The van der Waals surface area contributed by atoms with E-state index in [0.29, 0.717) is 21.4 Å². The monoisotopic (exact) mass is 329 g/mol. The van der Waals surface area contributed by atoms with Gasteiger partial charge >= 0.3 is 0 Å². The number of rotatable bonds is 2. The molecule has 1 heterocycles. The van der Waals surface area contributed by atoms with E-state index >= 15 is 0 Å². The molecule has 6 heteroatoms. The quantitative estimate of drug-likeness (QED) is 0.671. The molecule has 0 atom stereocenters. The van der Waals surface area contributed by atoms with Crippen molar-refractivity contribution < 1.29 is 22.2 Å². The molecule has 0 amide bonds. The maximum atomic E-state index is 9.54. The van der Waals surface area contributed by atoms with Gasteiger partial charge in [-0.05, 0) is 18.2 Å². The molecule has 97 valence electrons. The summed E-state index contributed by atoms with van der Waals surface area (Å²) in [6.45, 7) is 0. The van der Waals surface area contributed by atoms with Gasteiger partial charge in [-0.3, -0.25) is 0 Å². The molecule has 2 rings (SSSR count). The Balaban J connectivity index is 0.00000162. The van der Waals surface area contributed by atoms with Gasteiger partial charge in [0.2, 0.25) is 0 Å². The molecule has 0 aliphatic heterocycles. The van der Waals surface area contributed by atoms with E-state index in [9.17, 15) is 5.11 Å². The van der Waals surface area contributed by atoms with Crippen molar-refractivity contribution in [3.8, 4) is 5.75 Å². The topological polar surface area (TPSA) is 45.5 Å². The van der Waals surface area contributed by atoms with Crippen LogP contribution in [0.1, 0.15) is 5.56 Å². The molecule has 3 nitrogen and oxygen atoms in total. The van der Waals surface area contributed by atoms with Crippen molar-refractivity contribution >= 4 is 35.2 Å². The Kier molecular flexibility index (Phi) is 5.63. The first-order chi connectivity index (χ1) is 8.16. The van der Waals surface area contributed by atoms with E-state index in [-0.39, 0.29) is 22.8 Å². The number of aromatic hydroxyl groups is 1. The molecule has 0 spiro atoms. The maximum Gasteiger partial charge on any atom is 0.170 e. The summed E-state index contributed by atoms with van der Waals surface area (Å²) in [6, 6.07) is 8.42. The van der Waals surface area contributed by atoms with Crippen LogP contribution in [0.5, 0.6) is 5.75 Å². The standard InChI is InChI=1S/C12H8Cl2N2O.Cu/c13-9-5-10(14)12(16-7-9)15-6-8-3-1-2-4-11(8)17;/h1-7,17H;. The zero-order valence-corrected chi connectivity index (χ0v) is 11.4. The number of phenols is 1. The molecule has 1 aromatic carbocycles. The predicted molar refractivity (Wildman–Crippen MR) is 69.6 cm³/mol. The molecule has 0 fully saturated rings. The van der Waals surface area contributed by atoms with E-state index in [2.05, 4.69) is 9.98 Å². The van der Waals surface area contributed by atoms with Crippen LogP contribution in [0.2, 0.25) is 10.0 Å². The first kappa shape index (κ1) is 15.0. The second-order valence-electron chi connectivity index (χ2n) is 3.28. The molecule has 2 aromatic rings. The van der Waals surface area contributed by atoms with Crippen molar-refractivity contribution in [1.29, 1.82) is 0 Å². The SMILES string of the molecule is Oc1ccccc1C=Nc1ncc(Cl)cc1Cl.[Cu]. The Labute approximate surface area is 125 Å². The van der Waals surface area contributed by atoms with Crippen LogP contribution < -0.4 is 0 Å². The minimum atomic E-state index is 0. The zero-order chi connectivity index (χ0) is 12.3. The van der Waals surface area contributed by atoms with Crippen molar-refractivity contribution in [3.05, 3.63) is 52.1 Å². The molecule has 0 bridgehead atoms. The van der Waals surface area contributed by atoms with Crippen LogP contribution in [-0.2, 0) is 17.1 Å². The third kappa shape index (κ3) is 3.72. The van der Waals surface area contributed by atoms with Gasteiger partial charge in [0.05, 0.1) is 10.0 Å². The minimum absolute atomic E-state index is 0. The summed E-state index contributed by atoms with van der Waals surface area (Å²) in [4.78, 5) is 8.07. The number of benzene rings is 1. The number of hydrogen-bond donors (Lipinski definition) is 1. The van der Waals surface area contributed by atoms with Gasteiger partial charge in [0, 0.05) is 35.0 Å². The Hall–Kier alpha value is -1.06. The van der Waals surface area contributed by atoms with E-state index in [0.717, 1.165) is 0 Å². The minimum Gasteiger partial charge on any atom is -0.507 e. The van der Waals surface area contributed by atoms with E-state index in [1.165, 1.54) is 12.4 Å².